The predicted octanol–water partition coefficient (Wildman–Crippen LogP) is 3.29. The maximum Gasteiger partial charge on any atom is 0.231 e. The molecule has 2 aromatic carbocycles. The number of thioether (sulfide) groups is 1. The Morgan fingerprint density at radius 1 is 1.00 bits per heavy atom. The second-order valence-corrected chi connectivity index (χ2v) is 7.13. The number of anilines is 2. The second-order valence-electron chi connectivity index (χ2n) is 5.75. The van der Waals surface area contributed by atoms with Crippen molar-refractivity contribution in [2.45, 2.75) is 11.2 Å². The van der Waals surface area contributed by atoms with Crippen LogP contribution in [0.25, 0.3) is 0 Å². The first-order valence-electron chi connectivity index (χ1n) is 8.14. The van der Waals surface area contributed by atoms with E-state index in [4.69, 9.17) is 23.1 Å². The molecular formula is C19H18ClN5OS. The summed E-state index contributed by atoms with van der Waals surface area (Å²) in [5.41, 5.74) is 13.2. The van der Waals surface area contributed by atoms with Gasteiger partial charge in [0, 0.05) is 11.1 Å². The van der Waals surface area contributed by atoms with Gasteiger partial charge in [-0.1, -0.05) is 65.8 Å². The number of hydrogen-bond donors (Lipinski definition) is 3. The number of nitrogens with zero attached hydrogens (tertiary/aromatic N) is 2. The lowest BCUT2D eigenvalue weighted by molar-refractivity contribution is -0.119. The van der Waals surface area contributed by atoms with E-state index in [-0.39, 0.29) is 29.3 Å². The first-order chi connectivity index (χ1) is 13.0. The molecule has 0 fully saturated rings. The summed E-state index contributed by atoms with van der Waals surface area (Å²) in [4.78, 5) is 20.7. The molecule has 0 saturated heterocycles. The third-order valence-electron chi connectivity index (χ3n) is 3.72. The summed E-state index contributed by atoms with van der Waals surface area (Å²) in [6.45, 7) is 0. The van der Waals surface area contributed by atoms with Gasteiger partial charge in [0.2, 0.25) is 5.91 Å². The minimum atomic E-state index is -0.289. The van der Waals surface area contributed by atoms with Crippen LogP contribution in [-0.4, -0.2) is 21.6 Å². The van der Waals surface area contributed by atoms with Gasteiger partial charge in [-0.05, 0) is 23.3 Å². The van der Waals surface area contributed by atoms with Crippen LogP contribution in [-0.2, 0) is 4.79 Å². The number of halogens is 1. The molecule has 5 N–H and O–H groups in total. The topological polar surface area (TPSA) is 107 Å². The molecular weight excluding hydrogens is 382 g/mol. The fourth-order valence-corrected chi connectivity index (χ4v) is 3.33. The van der Waals surface area contributed by atoms with Crippen LogP contribution in [0, 0.1) is 0 Å². The highest BCUT2D eigenvalue weighted by Crippen LogP contribution is 2.24. The Bertz CT molecular complexity index is 901. The maximum absolute atomic E-state index is 12.5. The molecule has 1 heterocycles. The third kappa shape index (κ3) is 5.35. The van der Waals surface area contributed by atoms with Crippen molar-refractivity contribution in [3.8, 4) is 0 Å². The molecule has 1 atom stereocenters. The van der Waals surface area contributed by atoms with Crippen molar-refractivity contribution < 1.29 is 4.79 Å². The average Bonchev–Trinajstić information content (AvgIpc) is 2.65. The Labute approximate surface area is 166 Å². The normalized spacial score (nSPS) is 11.7. The number of carbonyl (C=O) groups is 1. The molecule has 0 aliphatic rings. The van der Waals surface area contributed by atoms with Crippen LogP contribution in [0.1, 0.15) is 17.2 Å². The maximum atomic E-state index is 12.5. The van der Waals surface area contributed by atoms with Crippen LogP contribution in [0.15, 0.2) is 65.8 Å². The van der Waals surface area contributed by atoms with Gasteiger partial charge in [-0.15, -0.1) is 0 Å². The molecule has 0 radical (unpaired) electrons. The molecule has 8 heteroatoms. The number of nitrogens with one attached hydrogen (secondary N) is 1. The monoisotopic (exact) mass is 399 g/mol. The van der Waals surface area contributed by atoms with Crippen LogP contribution >= 0.6 is 23.4 Å². The van der Waals surface area contributed by atoms with Crippen LogP contribution in [0.4, 0.5) is 11.6 Å². The average molecular weight is 400 g/mol. The molecule has 1 aromatic heterocycles. The Morgan fingerprint density at radius 3 is 2.22 bits per heavy atom. The minimum absolute atomic E-state index is 0.139. The largest absolute Gasteiger partial charge is 0.383 e. The summed E-state index contributed by atoms with van der Waals surface area (Å²) < 4.78 is 0. The summed E-state index contributed by atoms with van der Waals surface area (Å²) in [5.74, 6) is 0.524. The Balaban J connectivity index is 1.73. The van der Waals surface area contributed by atoms with E-state index in [9.17, 15) is 4.79 Å². The minimum Gasteiger partial charge on any atom is -0.383 e. The SMILES string of the molecule is Nc1cc(N)nc(SCC(=O)N[C@H](c2ccccc2)c2ccc(Cl)cc2)n1. The van der Waals surface area contributed by atoms with Gasteiger partial charge in [0.05, 0.1) is 11.8 Å². The highest BCUT2D eigenvalue weighted by atomic mass is 35.5. The number of aromatic nitrogens is 2. The van der Waals surface area contributed by atoms with Crippen LogP contribution in [0.2, 0.25) is 5.02 Å². The van der Waals surface area contributed by atoms with Gasteiger partial charge in [-0.25, -0.2) is 9.97 Å². The molecule has 0 aliphatic carbocycles. The fourth-order valence-electron chi connectivity index (χ4n) is 2.52. The zero-order chi connectivity index (χ0) is 19.2. The number of nitrogen functional groups attached to an aromatic ring is 2. The summed E-state index contributed by atoms with van der Waals surface area (Å²) >= 11 is 7.16. The van der Waals surface area contributed by atoms with Crippen molar-refractivity contribution in [2.24, 2.45) is 0 Å². The van der Waals surface area contributed by atoms with E-state index < -0.39 is 0 Å². The third-order valence-corrected chi connectivity index (χ3v) is 4.82. The quantitative estimate of drug-likeness (QED) is 0.433. The Hall–Kier alpha value is -2.77. The Morgan fingerprint density at radius 2 is 1.59 bits per heavy atom. The molecule has 138 valence electrons. The molecule has 27 heavy (non-hydrogen) atoms. The zero-order valence-corrected chi connectivity index (χ0v) is 15.9. The standard InChI is InChI=1S/C19H18ClN5OS/c20-14-8-6-13(7-9-14)18(12-4-2-1-3-5-12)25-17(26)11-27-19-23-15(21)10-16(22)24-19/h1-10,18H,11H2,(H,25,26)(H4,21,22,23,24)/t18-/m1/s1. The molecule has 1 amide bonds. The molecule has 0 saturated carbocycles. The van der Waals surface area contributed by atoms with Crippen molar-refractivity contribution in [1.82, 2.24) is 15.3 Å². The van der Waals surface area contributed by atoms with Crippen molar-refractivity contribution in [2.75, 3.05) is 17.2 Å². The second kappa shape index (κ2) is 8.75. The van der Waals surface area contributed by atoms with E-state index in [0.717, 1.165) is 11.1 Å². The van der Waals surface area contributed by atoms with E-state index in [1.807, 2.05) is 42.5 Å². The lowest BCUT2D eigenvalue weighted by Crippen LogP contribution is -2.30. The van der Waals surface area contributed by atoms with Gasteiger partial charge in [-0.2, -0.15) is 0 Å². The van der Waals surface area contributed by atoms with Gasteiger partial charge in [-0.3, -0.25) is 4.79 Å². The Kier molecular flexibility index (Phi) is 6.16. The number of nitrogens with two attached hydrogens (primary N) is 2. The summed E-state index contributed by atoms with van der Waals surface area (Å²) in [5, 5.41) is 4.06. The summed E-state index contributed by atoms with van der Waals surface area (Å²) in [7, 11) is 0. The van der Waals surface area contributed by atoms with Gasteiger partial charge in [0.25, 0.3) is 0 Å². The lowest BCUT2D eigenvalue weighted by atomic mass is 9.99. The predicted molar refractivity (Wildman–Crippen MR) is 109 cm³/mol. The number of benzene rings is 2. The molecule has 0 spiro atoms. The van der Waals surface area contributed by atoms with Gasteiger partial charge >= 0.3 is 0 Å². The number of carbonyl (C=O) groups excluding carboxylic acids is 1. The first-order valence-corrected chi connectivity index (χ1v) is 9.50. The molecule has 6 nitrogen and oxygen atoms in total. The van der Waals surface area contributed by atoms with E-state index in [0.29, 0.717) is 10.2 Å². The van der Waals surface area contributed by atoms with Crippen molar-refractivity contribution in [1.29, 1.82) is 0 Å². The summed E-state index contributed by atoms with van der Waals surface area (Å²) in [6, 6.07) is 18.3. The van der Waals surface area contributed by atoms with Gasteiger partial charge in [0.1, 0.15) is 11.6 Å². The first kappa shape index (κ1) is 19.0. The smallest absolute Gasteiger partial charge is 0.231 e. The van der Waals surface area contributed by atoms with E-state index in [1.54, 1.807) is 12.1 Å². The van der Waals surface area contributed by atoms with Crippen molar-refractivity contribution in [3.63, 3.8) is 0 Å². The number of hydrogen-bond acceptors (Lipinski definition) is 6. The lowest BCUT2D eigenvalue weighted by Gasteiger charge is -2.20. The molecule has 3 rings (SSSR count). The number of amides is 1. The van der Waals surface area contributed by atoms with Crippen molar-refractivity contribution >= 4 is 40.9 Å². The summed E-state index contributed by atoms with van der Waals surface area (Å²) in [6.07, 6.45) is 0. The molecule has 0 aliphatic heterocycles. The molecule has 3 aromatic rings. The highest BCUT2D eigenvalue weighted by molar-refractivity contribution is 7.99. The number of rotatable bonds is 6. The molecule has 0 unspecified atom stereocenters. The fraction of sp³-hybridized carbons (Fsp3) is 0.105. The van der Waals surface area contributed by atoms with Gasteiger partial charge < -0.3 is 16.8 Å². The zero-order valence-electron chi connectivity index (χ0n) is 14.3. The van der Waals surface area contributed by atoms with E-state index in [2.05, 4.69) is 15.3 Å². The highest BCUT2D eigenvalue weighted by Gasteiger charge is 2.17. The van der Waals surface area contributed by atoms with Crippen LogP contribution in [0.5, 0.6) is 0 Å². The van der Waals surface area contributed by atoms with E-state index >= 15 is 0 Å². The van der Waals surface area contributed by atoms with Crippen LogP contribution < -0.4 is 16.8 Å². The van der Waals surface area contributed by atoms with Crippen molar-refractivity contribution in [3.05, 3.63) is 76.8 Å². The van der Waals surface area contributed by atoms with Gasteiger partial charge in [0.15, 0.2) is 5.16 Å². The van der Waals surface area contributed by atoms with Crippen LogP contribution in [0.3, 0.4) is 0 Å². The molecule has 0 bridgehead atoms. The van der Waals surface area contributed by atoms with E-state index in [1.165, 1.54) is 17.8 Å².